The van der Waals surface area contributed by atoms with Gasteiger partial charge in [-0.05, 0) is 19.4 Å². The van der Waals surface area contributed by atoms with Crippen LogP contribution >= 0.6 is 11.3 Å². The summed E-state index contributed by atoms with van der Waals surface area (Å²) in [6.07, 6.45) is 3.88. The van der Waals surface area contributed by atoms with Gasteiger partial charge in [-0.2, -0.15) is 0 Å². The Morgan fingerprint density at radius 2 is 2.35 bits per heavy atom. The van der Waals surface area contributed by atoms with Crippen LogP contribution in [-0.2, 0) is 6.54 Å². The lowest BCUT2D eigenvalue weighted by Gasteiger charge is -2.34. The first-order valence-electron chi connectivity index (χ1n) is 6.59. The van der Waals surface area contributed by atoms with Gasteiger partial charge in [0.1, 0.15) is 0 Å². The SMILES string of the molecule is CC(C)c1nc(CN2CCCCC2CN)cs1. The lowest BCUT2D eigenvalue weighted by atomic mass is 10.0. The van der Waals surface area contributed by atoms with Crippen molar-refractivity contribution in [2.24, 2.45) is 5.73 Å². The number of piperidine rings is 1. The second kappa shape index (κ2) is 5.94. The third-order valence-electron chi connectivity index (χ3n) is 3.45. The summed E-state index contributed by atoms with van der Waals surface area (Å²) in [5, 5.41) is 3.46. The van der Waals surface area contributed by atoms with Crippen molar-refractivity contribution >= 4 is 11.3 Å². The summed E-state index contributed by atoms with van der Waals surface area (Å²) >= 11 is 1.79. The van der Waals surface area contributed by atoms with E-state index in [0.29, 0.717) is 12.0 Å². The van der Waals surface area contributed by atoms with Gasteiger partial charge >= 0.3 is 0 Å². The number of likely N-dealkylation sites (tertiary alicyclic amines) is 1. The standard InChI is InChI=1S/C13H23N3S/c1-10(2)13-15-11(9-17-13)8-16-6-4-3-5-12(16)7-14/h9-10,12H,3-8,14H2,1-2H3. The molecule has 2 rings (SSSR count). The van der Waals surface area contributed by atoms with Crippen molar-refractivity contribution in [1.29, 1.82) is 0 Å². The van der Waals surface area contributed by atoms with Crippen LogP contribution < -0.4 is 5.73 Å². The molecule has 1 aromatic heterocycles. The second-order valence-corrected chi connectivity index (χ2v) is 6.08. The van der Waals surface area contributed by atoms with Crippen molar-refractivity contribution in [1.82, 2.24) is 9.88 Å². The molecule has 0 aliphatic carbocycles. The molecule has 1 saturated heterocycles. The first kappa shape index (κ1) is 13.0. The van der Waals surface area contributed by atoms with Crippen LogP contribution in [-0.4, -0.2) is 29.0 Å². The predicted molar refractivity (Wildman–Crippen MR) is 73.3 cm³/mol. The minimum atomic E-state index is 0.542. The summed E-state index contributed by atoms with van der Waals surface area (Å²) in [5.74, 6) is 0.542. The van der Waals surface area contributed by atoms with Gasteiger partial charge in [-0.1, -0.05) is 20.3 Å². The number of rotatable bonds is 4. The number of hydrogen-bond acceptors (Lipinski definition) is 4. The molecule has 2 N–H and O–H groups in total. The maximum Gasteiger partial charge on any atom is 0.0954 e. The largest absolute Gasteiger partial charge is 0.329 e. The highest BCUT2D eigenvalue weighted by Crippen LogP contribution is 2.23. The maximum atomic E-state index is 5.84. The number of nitrogens with two attached hydrogens (primary N) is 1. The number of thiazole rings is 1. The summed E-state index contributed by atoms with van der Waals surface area (Å²) in [7, 11) is 0. The molecular weight excluding hydrogens is 230 g/mol. The molecule has 96 valence electrons. The van der Waals surface area contributed by atoms with Crippen LogP contribution in [0.15, 0.2) is 5.38 Å². The molecule has 1 atom stereocenters. The fourth-order valence-corrected chi connectivity index (χ4v) is 3.23. The molecule has 0 saturated carbocycles. The molecule has 4 heteroatoms. The van der Waals surface area contributed by atoms with Crippen LogP contribution in [0.1, 0.15) is 49.7 Å². The smallest absolute Gasteiger partial charge is 0.0954 e. The van der Waals surface area contributed by atoms with Gasteiger partial charge in [0.25, 0.3) is 0 Å². The highest BCUT2D eigenvalue weighted by Gasteiger charge is 2.21. The molecule has 17 heavy (non-hydrogen) atoms. The van der Waals surface area contributed by atoms with E-state index in [4.69, 9.17) is 10.7 Å². The molecule has 1 aliphatic rings. The van der Waals surface area contributed by atoms with Crippen LogP contribution in [0.3, 0.4) is 0 Å². The molecule has 0 spiro atoms. The van der Waals surface area contributed by atoms with Crippen LogP contribution in [0, 0.1) is 0 Å². The lowest BCUT2D eigenvalue weighted by Crippen LogP contribution is -2.43. The van der Waals surface area contributed by atoms with Gasteiger partial charge in [0.05, 0.1) is 10.7 Å². The van der Waals surface area contributed by atoms with Gasteiger partial charge in [-0.3, -0.25) is 4.90 Å². The molecule has 1 aliphatic heterocycles. The van der Waals surface area contributed by atoms with E-state index in [2.05, 4.69) is 24.1 Å². The van der Waals surface area contributed by atoms with E-state index >= 15 is 0 Å². The van der Waals surface area contributed by atoms with Crippen molar-refractivity contribution in [3.63, 3.8) is 0 Å². The molecule has 2 heterocycles. The van der Waals surface area contributed by atoms with E-state index < -0.39 is 0 Å². The molecule has 1 unspecified atom stereocenters. The normalized spacial score (nSPS) is 22.2. The molecule has 1 fully saturated rings. The zero-order chi connectivity index (χ0) is 12.3. The average Bonchev–Trinajstić information content (AvgIpc) is 2.78. The third kappa shape index (κ3) is 3.27. The fourth-order valence-electron chi connectivity index (χ4n) is 2.40. The first-order valence-corrected chi connectivity index (χ1v) is 7.47. The van der Waals surface area contributed by atoms with Gasteiger partial charge in [-0.25, -0.2) is 4.98 Å². The van der Waals surface area contributed by atoms with Crippen molar-refractivity contribution in [3.8, 4) is 0 Å². The van der Waals surface area contributed by atoms with E-state index in [9.17, 15) is 0 Å². The summed E-state index contributed by atoms with van der Waals surface area (Å²) in [6.45, 7) is 7.33. The monoisotopic (exact) mass is 253 g/mol. The quantitative estimate of drug-likeness (QED) is 0.897. The third-order valence-corrected chi connectivity index (χ3v) is 4.64. The first-order chi connectivity index (χ1) is 8.20. The molecule has 0 aromatic carbocycles. The molecule has 1 aromatic rings. The highest BCUT2D eigenvalue weighted by atomic mass is 32.1. The van der Waals surface area contributed by atoms with E-state index in [-0.39, 0.29) is 0 Å². The number of aromatic nitrogens is 1. The molecule has 0 amide bonds. The topological polar surface area (TPSA) is 42.2 Å². The van der Waals surface area contributed by atoms with Crippen LogP contribution in [0.2, 0.25) is 0 Å². The van der Waals surface area contributed by atoms with Crippen molar-refractivity contribution in [3.05, 3.63) is 16.1 Å². The minimum Gasteiger partial charge on any atom is -0.329 e. The summed E-state index contributed by atoms with van der Waals surface area (Å²) in [6, 6.07) is 0.563. The molecule has 3 nitrogen and oxygen atoms in total. The maximum absolute atomic E-state index is 5.84. The van der Waals surface area contributed by atoms with E-state index in [1.165, 1.54) is 36.5 Å². The molecule has 0 radical (unpaired) electrons. The number of nitrogens with zero attached hydrogens (tertiary/aromatic N) is 2. The van der Waals surface area contributed by atoms with Crippen LogP contribution in [0.5, 0.6) is 0 Å². The summed E-state index contributed by atoms with van der Waals surface area (Å²) < 4.78 is 0. The average molecular weight is 253 g/mol. The summed E-state index contributed by atoms with van der Waals surface area (Å²) in [4.78, 5) is 7.21. The van der Waals surface area contributed by atoms with Crippen molar-refractivity contribution < 1.29 is 0 Å². The lowest BCUT2D eigenvalue weighted by molar-refractivity contribution is 0.143. The van der Waals surface area contributed by atoms with Gasteiger partial charge in [0, 0.05) is 30.4 Å². The predicted octanol–water partition coefficient (Wildman–Crippen LogP) is 2.58. The zero-order valence-electron chi connectivity index (χ0n) is 10.9. The van der Waals surface area contributed by atoms with Gasteiger partial charge in [0.2, 0.25) is 0 Å². The van der Waals surface area contributed by atoms with E-state index in [0.717, 1.165) is 13.1 Å². The fraction of sp³-hybridized carbons (Fsp3) is 0.769. The Bertz CT molecular complexity index is 348. The summed E-state index contributed by atoms with van der Waals surface area (Å²) in [5.41, 5.74) is 7.06. The molecular formula is C13H23N3S. The number of hydrogen-bond donors (Lipinski definition) is 1. The van der Waals surface area contributed by atoms with E-state index in [1.54, 1.807) is 11.3 Å². The van der Waals surface area contributed by atoms with Crippen LogP contribution in [0.25, 0.3) is 0 Å². The molecule has 0 bridgehead atoms. The Morgan fingerprint density at radius 3 is 3.00 bits per heavy atom. The van der Waals surface area contributed by atoms with E-state index in [1.807, 2.05) is 0 Å². The Morgan fingerprint density at radius 1 is 1.53 bits per heavy atom. The van der Waals surface area contributed by atoms with Gasteiger partial charge in [-0.15, -0.1) is 11.3 Å². The van der Waals surface area contributed by atoms with Gasteiger partial charge in [0.15, 0.2) is 0 Å². The van der Waals surface area contributed by atoms with Crippen molar-refractivity contribution in [2.75, 3.05) is 13.1 Å². The Hall–Kier alpha value is -0.450. The van der Waals surface area contributed by atoms with Gasteiger partial charge < -0.3 is 5.73 Å². The highest BCUT2D eigenvalue weighted by molar-refractivity contribution is 7.09. The Labute approximate surface area is 108 Å². The Kier molecular flexibility index (Phi) is 4.54. The second-order valence-electron chi connectivity index (χ2n) is 5.19. The van der Waals surface area contributed by atoms with Crippen molar-refractivity contribution in [2.45, 2.75) is 51.6 Å². The minimum absolute atomic E-state index is 0.542. The Balaban J connectivity index is 1.98. The van der Waals surface area contributed by atoms with Crippen LogP contribution in [0.4, 0.5) is 0 Å². The zero-order valence-corrected chi connectivity index (χ0v) is 11.7.